The molecule has 0 aromatic rings. The predicted molar refractivity (Wildman–Crippen MR) is 68.0 cm³/mol. The van der Waals surface area contributed by atoms with Gasteiger partial charge in [0.2, 0.25) is 0 Å². The first kappa shape index (κ1) is 16.0. The number of alkyl halides is 2. The number of halogens is 3. The van der Waals surface area contributed by atoms with Gasteiger partial charge in [-0.1, -0.05) is 3.89 Å². The molecule has 0 radical (unpaired) electrons. The molecule has 0 aliphatic heterocycles. The van der Waals surface area contributed by atoms with Gasteiger partial charge in [-0.05, 0) is 50.4 Å². The number of hydrogen-bond acceptors (Lipinski definition) is 5. The molecule has 2 atom stereocenters. The number of carbonyl (C=O) groups is 1. The Labute approximate surface area is 126 Å². The molecule has 4 aliphatic rings. The highest BCUT2D eigenvalue weighted by molar-refractivity contribution is 7.88. The smallest absolute Gasteiger partial charge is 0.460 e. The number of carbonyl (C=O) groups excluding carboxylic acids is 1. The highest BCUT2D eigenvalue weighted by Crippen LogP contribution is 2.61. The van der Waals surface area contributed by atoms with Crippen LogP contribution in [-0.2, 0) is 19.8 Å². The molecule has 0 saturated heterocycles. The van der Waals surface area contributed by atoms with E-state index in [1.807, 2.05) is 0 Å². The third-order valence-electron chi connectivity index (χ3n) is 5.20. The summed E-state index contributed by atoms with van der Waals surface area (Å²) in [6, 6.07) is 0. The van der Waals surface area contributed by atoms with Crippen LogP contribution in [0.3, 0.4) is 0 Å². The summed E-state index contributed by atoms with van der Waals surface area (Å²) in [7, 11) is -6.35. The summed E-state index contributed by atoms with van der Waals surface area (Å²) in [5, 5.41) is 5.29. The largest absolute Gasteiger partial charge is 0.470 e. The van der Waals surface area contributed by atoms with Gasteiger partial charge < -0.3 is 9.84 Å². The summed E-state index contributed by atoms with van der Waals surface area (Å²) in [5.41, 5.74) is -1.46. The van der Waals surface area contributed by atoms with Crippen molar-refractivity contribution in [2.45, 2.75) is 49.4 Å². The molecule has 0 heterocycles. The fraction of sp³-hybridized carbons (Fsp3) is 0.923. The lowest BCUT2D eigenvalue weighted by Crippen LogP contribution is -2.57. The summed E-state index contributed by atoms with van der Waals surface area (Å²) in [5.74, 6) is -1.87. The van der Waals surface area contributed by atoms with Crippen LogP contribution in [0.25, 0.3) is 0 Å². The summed E-state index contributed by atoms with van der Waals surface area (Å²) in [6.45, 7) is -0.410. The van der Waals surface area contributed by atoms with Crippen molar-refractivity contribution in [3.05, 3.63) is 0 Å². The Balaban J connectivity index is 1.71. The second kappa shape index (κ2) is 4.59. The molecule has 4 aliphatic carbocycles. The first-order valence-corrected chi connectivity index (χ1v) is 8.55. The van der Waals surface area contributed by atoms with Gasteiger partial charge >= 0.3 is 21.4 Å². The van der Waals surface area contributed by atoms with E-state index in [2.05, 4.69) is 4.74 Å². The molecule has 4 saturated carbocycles. The van der Waals surface area contributed by atoms with Crippen LogP contribution >= 0.6 is 0 Å². The average Bonchev–Trinajstić information content (AvgIpc) is 2.31. The lowest BCUT2D eigenvalue weighted by molar-refractivity contribution is -0.193. The summed E-state index contributed by atoms with van der Waals surface area (Å²) >= 11 is 0. The van der Waals surface area contributed by atoms with Crippen LogP contribution in [0.1, 0.15) is 38.5 Å². The summed E-state index contributed by atoms with van der Waals surface area (Å²) in [4.78, 5) is 11.2. The van der Waals surface area contributed by atoms with Gasteiger partial charge in [0.1, 0.15) is 0 Å². The maximum Gasteiger partial charge on any atom is 0.470 e. The van der Waals surface area contributed by atoms with E-state index in [1.165, 1.54) is 0 Å². The maximum atomic E-state index is 13.1. The van der Waals surface area contributed by atoms with Crippen LogP contribution in [0.4, 0.5) is 12.7 Å². The highest BCUT2D eigenvalue weighted by Gasteiger charge is 2.59. The quantitative estimate of drug-likeness (QED) is 0.622. The van der Waals surface area contributed by atoms with E-state index in [-0.39, 0.29) is 11.8 Å². The molecule has 4 fully saturated rings. The van der Waals surface area contributed by atoms with Crippen molar-refractivity contribution in [2.75, 3.05) is 6.61 Å². The van der Waals surface area contributed by atoms with Gasteiger partial charge in [-0.25, -0.2) is 4.79 Å². The van der Waals surface area contributed by atoms with Crippen molar-refractivity contribution < 1.29 is 35.7 Å². The number of rotatable bonds is 4. The Morgan fingerprint density at radius 2 is 1.77 bits per heavy atom. The fourth-order valence-electron chi connectivity index (χ4n) is 4.97. The SMILES string of the molecule is O=C(OCC12CC3CC(CC(O)(C3)C1)C2)C(F)(F)S(=O)(=O)F. The van der Waals surface area contributed by atoms with Crippen LogP contribution in [0, 0.1) is 17.3 Å². The first-order chi connectivity index (χ1) is 9.95. The minimum absolute atomic E-state index is 0.260. The number of hydrogen-bond donors (Lipinski definition) is 1. The third-order valence-corrected chi connectivity index (χ3v) is 5.98. The summed E-state index contributed by atoms with van der Waals surface area (Å²) in [6.07, 6.45) is 3.92. The van der Waals surface area contributed by atoms with E-state index in [0.29, 0.717) is 32.1 Å². The second-order valence-corrected chi connectivity index (χ2v) is 8.60. The Kier molecular flexibility index (Phi) is 3.35. The van der Waals surface area contributed by atoms with E-state index in [4.69, 9.17) is 0 Å². The molecule has 1 N–H and O–H groups in total. The van der Waals surface area contributed by atoms with Crippen molar-refractivity contribution >= 4 is 16.2 Å². The van der Waals surface area contributed by atoms with Crippen LogP contribution < -0.4 is 0 Å². The minimum atomic E-state index is -6.35. The van der Waals surface area contributed by atoms with Crippen LogP contribution in [-0.4, -0.2) is 37.0 Å². The van der Waals surface area contributed by atoms with Gasteiger partial charge in [-0.15, -0.1) is 0 Å². The van der Waals surface area contributed by atoms with Crippen molar-refractivity contribution in [3.8, 4) is 0 Å². The molecule has 4 bridgehead atoms. The predicted octanol–water partition coefficient (Wildman–Crippen LogP) is 1.75. The standard InChI is InChI=1S/C13H17F3O5S/c14-13(15,22(16,19)20)10(17)21-7-11-2-8-1-9(3-11)5-12(18,4-8)6-11/h8-9,18H,1-7H2. The topological polar surface area (TPSA) is 80.7 Å². The Morgan fingerprint density at radius 3 is 2.23 bits per heavy atom. The molecule has 2 unspecified atom stereocenters. The van der Waals surface area contributed by atoms with Crippen molar-refractivity contribution in [2.24, 2.45) is 17.3 Å². The number of aliphatic hydroxyl groups is 1. The van der Waals surface area contributed by atoms with E-state index < -0.39 is 39.1 Å². The lowest BCUT2D eigenvalue weighted by atomic mass is 9.48. The van der Waals surface area contributed by atoms with Gasteiger partial charge in [0.05, 0.1) is 12.2 Å². The third kappa shape index (κ3) is 2.51. The van der Waals surface area contributed by atoms with Crippen LogP contribution in [0.2, 0.25) is 0 Å². The normalized spacial score (nSPS) is 40.7. The molecule has 126 valence electrons. The van der Waals surface area contributed by atoms with Gasteiger partial charge in [-0.3, -0.25) is 0 Å². The molecule has 0 spiro atoms. The molecule has 4 rings (SSSR count). The van der Waals surface area contributed by atoms with Gasteiger partial charge in [-0.2, -0.15) is 17.2 Å². The zero-order valence-electron chi connectivity index (χ0n) is 11.7. The molecule has 9 heteroatoms. The highest BCUT2D eigenvalue weighted by atomic mass is 32.3. The second-order valence-electron chi connectivity index (χ2n) is 7.22. The van der Waals surface area contributed by atoms with Crippen molar-refractivity contribution in [1.82, 2.24) is 0 Å². The lowest BCUT2D eigenvalue weighted by Gasteiger charge is -2.59. The molecule has 0 amide bonds. The minimum Gasteiger partial charge on any atom is -0.460 e. The average molecular weight is 342 g/mol. The molecule has 5 nitrogen and oxygen atoms in total. The first-order valence-electron chi connectivity index (χ1n) is 7.16. The Bertz CT molecular complexity index is 589. The maximum absolute atomic E-state index is 13.1. The van der Waals surface area contributed by atoms with Gasteiger partial charge in [0.15, 0.2) is 0 Å². The zero-order chi connectivity index (χ0) is 16.4. The molecular formula is C13H17F3O5S. The molecular weight excluding hydrogens is 325 g/mol. The number of ether oxygens (including phenoxy) is 1. The number of esters is 1. The Hall–Kier alpha value is -0.830. The summed E-state index contributed by atoms with van der Waals surface area (Å²) < 4.78 is 63.7. The van der Waals surface area contributed by atoms with Crippen molar-refractivity contribution in [1.29, 1.82) is 0 Å². The van der Waals surface area contributed by atoms with E-state index in [0.717, 1.165) is 6.42 Å². The van der Waals surface area contributed by atoms with Crippen LogP contribution in [0.5, 0.6) is 0 Å². The van der Waals surface area contributed by atoms with E-state index in [9.17, 15) is 31.0 Å². The van der Waals surface area contributed by atoms with Gasteiger partial charge in [0.25, 0.3) is 0 Å². The molecule has 0 aromatic heterocycles. The molecule has 0 aromatic carbocycles. The Morgan fingerprint density at radius 1 is 1.23 bits per heavy atom. The van der Waals surface area contributed by atoms with E-state index >= 15 is 0 Å². The fourth-order valence-corrected chi connectivity index (χ4v) is 5.23. The van der Waals surface area contributed by atoms with E-state index in [1.54, 1.807) is 0 Å². The van der Waals surface area contributed by atoms with Crippen LogP contribution in [0.15, 0.2) is 0 Å². The zero-order valence-corrected chi connectivity index (χ0v) is 12.5. The molecule has 22 heavy (non-hydrogen) atoms. The van der Waals surface area contributed by atoms with Gasteiger partial charge in [0, 0.05) is 5.41 Å². The monoisotopic (exact) mass is 342 g/mol. The van der Waals surface area contributed by atoms with Crippen molar-refractivity contribution in [3.63, 3.8) is 0 Å².